The smallest absolute Gasteiger partial charge is 0.288 e. The SMILES string of the molecule is S=c1oc(-c2cc3ccccc3o2)nn1CCl. The van der Waals surface area contributed by atoms with Gasteiger partial charge in [-0.1, -0.05) is 18.2 Å². The molecule has 0 saturated carbocycles. The highest BCUT2D eigenvalue weighted by Gasteiger charge is 2.12. The maximum atomic E-state index is 5.65. The summed E-state index contributed by atoms with van der Waals surface area (Å²) in [6, 6.07) is 9.69. The van der Waals surface area contributed by atoms with Crippen LogP contribution in [0.25, 0.3) is 22.6 Å². The summed E-state index contributed by atoms with van der Waals surface area (Å²) < 4.78 is 12.3. The van der Waals surface area contributed by atoms with Gasteiger partial charge in [0, 0.05) is 5.39 Å². The van der Waals surface area contributed by atoms with E-state index in [4.69, 9.17) is 32.7 Å². The molecule has 0 fully saturated rings. The lowest BCUT2D eigenvalue weighted by Gasteiger charge is -1.86. The summed E-state index contributed by atoms with van der Waals surface area (Å²) in [7, 11) is 0. The molecule has 0 aliphatic carbocycles. The van der Waals surface area contributed by atoms with Crippen molar-refractivity contribution in [2.24, 2.45) is 0 Å². The van der Waals surface area contributed by atoms with E-state index in [-0.39, 0.29) is 10.8 Å². The Hall–Kier alpha value is -1.59. The van der Waals surface area contributed by atoms with Gasteiger partial charge in [-0.2, -0.15) is 0 Å². The molecule has 3 aromatic rings. The average Bonchev–Trinajstić information content (AvgIpc) is 2.91. The van der Waals surface area contributed by atoms with Crippen molar-refractivity contribution < 1.29 is 8.83 Å². The molecule has 2 heterocycles. The van der Waals surface area contributed by atoms with Gasteiger partial charge in [0.15, 0.2) is 5.76 Å². The van der Waals surface area contributed by atoms with Crippen molar-refractivity contribution >= 4 is 34.8 Å². The van der Waals surface area contributed by atoms with Crippen LogP contribution in [0.4, 0.5) is 0 Å². The van der Waals surface area contributed by atoms with Crippen LogP contribution < -0.4 is 0 Å². The fourth-order valence-electron chi connectivity index (χ4n) is 1.57. The first kappa shape index (κ1) is 10.6. The Kier molecular flexibility index (Phi) is 2.49. The van der Waals surface area contributed by atoms with Crippen molar-refractivity contribution in [3.05, 3.63) is 35.2 Å². The molecule has 4 nitrogen and oxygen atoms in total. The summed E-state index contributed by atoms with van der Waals surface area (Å²) in [6.45, 7) is 0. The molecular formula is C11H7ClN2O2S. The van der Waals surface area contributed by atoms with Crippen LogP contribution in [-0.2, 0) is 6.00 Å². The predicted octanol–water partition coefficient (Wildman–Crippen LogP) is 3.82. The summed E-state index contributed by atoms with van der Waals surface area (Å²) in [5.41, 5.74) is 0.782. The van der Waals surface area contributed by atoms with Gasteiger partial charge in [0.25, 0.3) is 10.7 Å². The molecule has 0 N–H and O–H groups in total. The zero-order valence-corrected chi connectivity index (χ0v) is 10.2. The van der Waals surface area contributed by atoms with E-state index >= 15 is 0 Å². The quantitative estimate of drug-likeness (QED) is 0.522. The van der Waals surface area contributed by atoms with Crippen LogP contribution in [0.5, 0.6) is 0 Å². The number of nitrogens with zero attached hydrogens (tertiary/aromatic N) is 2. The predicted molar refractivity (Wildman–Crippen MR) is 66.4 cm³/mol. The van der Waals surface area contributed by atoms with Crippen molar-refractivity contribution in [3.63, 3.8) is 0 Å². The standard InChI is InChI=1S/C11H7ClN2O2S/c12-6-14-11(17)16-10(13-14)9-5-7-3-1-2-4-8(7)15-9/h1-5H,6H2. The first-order valence-corrected chi connectivity index (χ1v) is 5.85. The van der Waals surface area contributed by atoms with Gasteiger partial charge < -0.3 is 8.83 Å². The number of benzene rings is 1. The van der Waals surface area contributed by atoms with Crippen molar-refractivity contribution in [1.82, 2.24) is 9.78 Å². The highest BCUT2D eigenvalue weighted by molar-refractivity contribution is 7.71. The first-order chi connectivity index (χ1) is 8.28. The van der Waals surface area contributed by atoms with Crippen LogP contribution in [-0.4, -0.2) is 9.78 Å². The topological polar surface area (TPSA) is 44.1 Å². The number of halogens is 1. The molecular weight excluding hydrogens is 260 g/mol. The minimum atomic E-state index is 0.155. The fourth-order valence-corrected chi connectivity index (χ4v) is 1.99. The molecule has 0 atom stereocenters. The number of furan rings is 1. The van der Waals surface area contributed by atoms with Gasteiger partial charge in [-0.05, 0) is 24.4 Å². The number of hydrogen-bond acceptors (Lipinski definition) is 4. The van der Waals surface area contributed by atoms with Crippen molar-refractivity contribution in [1.29, 1.82) is 0 Å². The van der Waals surface area contributed by atoms with Crippen molar-refractivity contribution in [2.75, 3.05) is 0 Å². The molecule has 2 aromatic heterocycles. The Bertz CT molecular complexity index is 695. The largest absolute Gasteiger partial charge is 0.451 e. The van der Waals surface area contributed by atoms with Crippen LogP contribution in [0, 0.1) is 4.84 Å². The second-order valence-electron chi connectivity index (χ2n) is 3.44. The number of hydrogen-bond donors (Lipinski definition) is 0. The van der Waals surface area contributed by atoms with Crippen molar-refractivity contribution in [3.8, 4) is 11.7 Å². The number of rotatable bonds is 2. The van der Waals surface area contributed by atoms with Crippen LogP contribution >= 0.6 is 23.8 Å². The Labute approximate surface area is 106 Å². The van der Waals surface area contributed by atoms with Gasteiger partial charge >= 0.3 is 0 Å². The normalized spacial score (nSPS) is 11.1. The lowest BCUT2D eigenvalue weighted by Crippen LogP contribution is -1.93. The number of fused-ring (bicyclic) bond motifs is 1. The molecule has 0 aliphatic heterocycles. The minimum Gasteiger partial charge on any atom is -0.451 e. The van der Waals surface area contributed by atoms with Gasteiger partial charge in [-0.25, -0.2) is 4.68 Å². The van der Waals surface area contributed by atoms with Gasteiger partial charge in [0.05, 0.1) is 0 Å². The summed E-state index contributed by atoms with van der Waals surface area (Å²) in [4.78, 5) is 0.232. The van der Waals surface area contributed by atoms with E-state index in [1.807, 2.05) is 30.3 Å². The van der Waals surface area contributed by atoms with E-state index < -0.39 is 0 Å². The first-order valence-electron chi connectivity index (χ1n) is 4.91. The Morgan fingerprint density at radius 2 is 2.12 bits per heavy atom. The molecule has 0 saturated heterocycles. The third kappa shape index (κ3) is 1.77. The highest BCUT2D eigenvalue weighted by Crippen LogP contribution is 2.26. The van der Waals surface area contributed by atoms with E-state index in [0.717, 1.165) is 11.0 Å². The van der Waals surface area contributed by atoms with Crippen molar-refractivity contribution in [2.45, 2.75) is 6.00 Å². The molecule has 0 spiro atoms. The number of para-hydroxylation sites is 1. The Morgan fingerprint density at radius 3 is 2.82 bits per heavy atom. The van der Waals surface area contributed by atoms with E-state index in [1.165, 1.54) is 4.68 Å². The zero-order chi connectivity index (χ0) is 11.8. The molecule has 3 rings (SSSR count). The van der Waals surface area contributed by atoms with Gasteiger partial charge in [-0.3, -0.25) is 0 Å². The average molecular weight is 267 g/mol. The molecule has 86 valence electrons. The van der Waals surface area contributed by atoms with E-state index in [1.54, 1.807) is 0 Å². The highest BCUT2D eigenvalue weighted by atomic mass is 35.5. The van der Waals surface area contributed by atoms with Crippen LogP contribution in [0.2, 0.25) is 0 Å². The molecule has 0 amide bonds. The third-order valence-corrected chi connectivity index (χ3v) is 2.88. The van der Waals surface area contributed by atoms with Crippen LogP contribution in [0.15, 0.2) is 39.2 Å². The summed E-state index contributed by atoms with van der Waals surface area (Å²) in [5, 5.41) is 5.10. The molecule has 1 aromatic carbocycles. The van der Waals surface area contributed by atoms with E-state index in [2.05, 4.69) is 5.10 Å². The number of aromatic nitrogens is 2. The zero-order valence-electron chi connectivity index (χ0n) is 8.59. The monoisotopic (exact) mass is 266 g/mol. The molecule has 6 heteroatoms. The summed E-state index contributed by atoms with van der Waals surface area (Å²) in [5.74, 6) is 0.882. The van der Waals surface area contributed by atoms with E-state index in [0.29, 0.717) is 11.7 Å². The maximum absolute atomic E-state index is 5.65. The number of alkyl halides is 1. The Balaban J connectivity index is 2.16. The summed E-state index contributed by atoms with van der Waals surface area (Å²) in [6.07, 6.45) is 0. The lowest BCUT2D eigenvalue weighted by molar-refractivity contribution is 0.510. The maximum Gasteiger partial charge on any atom is 0.288 e. The second-order valence-corrected chi connectivity index (χ2v) is 4.03. The molecule has 0 bridgehead atoms. The molecule has 0 unspecified atom stereocenters. The lowest BCUT2D eigenvalue weighted by atomic mass is 10.2. The Morgan fingerprint density at radius 1 is 1.29 bits per heavy atom. The molecule has 0 radical (unpaired) electrons. The fraction of sp³-hybridized carbons (Fsp3) is 0.0909. The summed E-state index contributed by atoms with van der Waals surface area (Å²) >= 11 is 10.6. The minimum absolute atomic E-state index is 0.155. The van der Waals surface area contributed by atoms with Gasteiger partial charge in [0.2, 0.25) is 0 Å². The van der Waals surface area contributed by atoms with Crippen LogP contribution in [0.3, 0.4) is 0 Å². The van der Waals surface area contributed by atoms with Crippen LogP contribution in [0.1, 0.15) is 0 Å². The van der Waals surface area contributed by atoms with Gasteiger partial charge in [-0.15, -0.1) is 16.7 Å². The second kappa shape index (κ2) is 4.01. The molecule has 0 aliphatic rings. The van der Waals surface area contributed by atoms with Gasteiger partial charge in [0.1, 0.15) is 11.6 Å². The molecule has 17 heavy (non-hydrogen) atoms. The third-order valence-electron chi connectivity index (χ3n) is 2.36. The van der Waals surface area contributed by atoms with E-state index in [9.17, 15) is 0 Å².